The zero-order valence-corrected chi connectivity index (χ0v) is 19.9. The van der Waals surface area contributed by atoms with Gasteiger partial charge in [-0.3, -0.25) is 4.79 Å². The van der Waals surface area contributed by atoms with Crippen LogP contribution in [0.25, 0.3) is 5.95 Å². The van der Waals surface area contributed by atoms with Gasteiger partial charge in [0.15, 0.2) is 0 Å². The summed E-state index contributed by atoms with van der Waals surface area (Å²) in [6, 6.07) is 13.4. The standard InChI is InChI=1S/C23H24N8O2S/c1-14-6-8-17(9-7-14)18-12-19(20-5-4-10-33-20)31(28-18)21(32)13-34-23-26-25-22(29(23)24)30-16(3)11-15(2)27-30/h4-11,19H,12-13,24H2,1-3H3. The SMILES string of the molecule is Cc1ccc(C2=NN(C(=O)CSc3nnc(-n4nc(C)cc4C)n3N)C(c3ccco3)C2)cc1. The van der Waals surface area contributed by atoms with Crippen molar-refractivity contribution in [2.24, 2.45) is 5.10 Å². The Morgan fingerprint density at radius 1 is 1.18 bits per heavy atom. The van der Waals surface area contributed by atoms with E-state index in [1.807, 2.05) is 63.2 Å². The lowest BCUT2D eigenvalue weighted by Gasteiger charge is -2.19. The number of amides is 1. The summed E-state index contributed by atoms with van der Waals surface area (Å²) in [6.45, 7) is 5.85. The van der Waals surface area contributed by atoms with Gasteiger partial charge in [0, 0.05) is 12.1 Å². The minimum absolute atomic E-state index is 0.0916. The molecule has 1 aromatic carbocycles. The molecule has 0 saturated heterocycles. The van der Waals surface area contributed by atoms with Crippen molar-refractivity contribution in [2.75, 3.05) is 11.6 Å². The molecule has 1 aliphatic rings. The molecule has 3 aromatic heterocycles. The summed E-state index contributed by atoms with van der Waals surface area (Å²) in [5.74, 6) is 7.20. The van der Waals surface area contributed by atoms with Crippen molar-refractivity contribution in [3.63, 3.8) is 0 Å². The van der Waals surface area contributed by atoms with Crippen LogP contribution in [-0.2, 0) is 4.79 Å². The second-order valence-electron chi connectivity index (χ2n) is 8.17. The van der Waals surface area contributed by atoms with Crippen LogP contribution >= 0.6 is 11.8 Å². The van der Waals surface area contributed by atoms with Gasteiger partial charge in [-0.25, -0.2) is 14.4 Å². The number of carbonyl (C=O) groups is 1. The average molecular weight is 477 g/mol. The van der Waals surface area contributed by atoms with Crippen LogP contribution in [0.5, 0.6) is 0 Å². The van der Waals surface area contributed by atoms with Crippen molar-refractivity contribution in [3.05, 3.63) is 77.0 Å². The average Bonchev–Trinajstić information content (AvgIpc) is 3.60. The van der Waals surface area contributed by atoms with E-state index in [1.54, 1.807) is 10.9 Å². The molecule has 1 aliphatic heterocycles. The normalized spacial score (nSPS) is 15.7. The van der Waals surface area contributed by atoms with Gasteiger partial charge in [0.25, 0.3) is 11.9 Å². The first-order chi connectivity index (χ1) is 16.4. The lowest BCUT2D eigenvalue weighted by atomic mass is 10.0. The number of nitrogen functional groups attached to an aromatic ring is 1. The van der Waals surface area contributed by atoms with E-state index in [0.29, 0.717) is 23.3 Å². The molecule has 0 aliphatic carbocycles. The van der Waals surface area contributed by atoms with Gasteiger partial charge in [0.1, 0.15) is 11.8 Å². The van der Waals surface area contributed by atoms with E-state index in [2.05, 4.69) is 20.4 Å². The van der Waals surface area contributed by atoms with Gasteiger partial charge in [0.2, 0.25) is 5.16 Å². The Morgan fingerprint density at radius 3 is 2.65 bits per heavy atom. The van der Waals surface area contributed by atoms with Gasteiger partial charge in [0.05, 0.1) is 23.4 Å². The summed E-state index contributed by atoms with van der Waals surface area (Å²) in [4.78, 5) is 13.2. The van der Waals surface area contributed by atoms with Crippen LogP contribution in [0.1, 0.15) is 40.7 Å². The molecule has 2 N–H and O–H groups in total. The zero-order chi connectivity index (χ0) is 23.8. The largest absolute Gasteiger partial charge is 0.467 e. The number of aryl methyl sites for hydroxylation is 3. The maximum atomic E-state index is 13.2. The first kappa shape index (κ1) is 22.0. The molecule has 5 rings (SSSR count). The third-order valence-corrected chi connectivity index (χ3v) is 6.52. The van der Waals surface area contributed by atoms with E-state index in [-0.39, 0.29) is 17.7 Å². The first-order valence-corrected chi connectivity index (χ1v) is 11.8. The molecule has 174 valence electrons. The van der Waals surface area contributed by atoms with Crippen molar-refractivity contribution >= 4 is 23.4 Å². The number of thioether (sulfide) groups is 1. The van der Waals surface area contributed by atoms with Crippen LogP contribution in [0.2, 0.25) is 0 Å². The summed E-state index contributed by atoms with van der Waals surface area (Å²) >= 11 is 1.20. The highest BCUT2D eigenvalue weighted by Crippen LogP contribution is 2.34. The van der Waals surface area contributed by atoms with Gasteiger partial charge in [-0.1, -0.05) is 41.6 Å². The Hall–Kier alpha value is -3.86. The monoisotopic (exact) mass is 476 g/mol. The number of benzene rings is 1. The summed E-state index contributed by atoms with van der Waals surface area (Å²) in [5, 5.41) is 19.3. The summed E-state index contributed by atoms with van der Waals surface area (Å²) in [5.41, 5.74) is 4.74. The van der Waals surface area contributed by atoms with Crippen LogP contribution in [-0.4, -0.2) is 47.0 Å². The highest BCUT2D eigenvalue weighted by atomic mass is 32.2. The summed E-state index contributed by atoms with van der Waals surface area (Å²) in [7, 11) is 0. The maximum Gasteiger partial charge on any atom is 0.271 e. The molecule has 0 bridgehead atoms. The number of nitrogens with zero attached hydrogens (tertiary/aromatic N) is 7. The number of furan rings is 1. The van der Waals surface area contributed by atoms with Crippen molar-refractivity contribution in [3.8, 4) is 5.95 Å². The number of nitrogens with two attached hydrogens (primary N) is 1. The van der Waals surface area contributed by atoms with Gasteiger partial charge in [-0.05, 0) is 44.5 Å². The van der Waals surface area contributed by atoms with Crippen LogP contribution in [0, 0.1) is 20.8 Å². The van der Waals surface area contributed by atoms with Crippen LogP contribution in [0.4, 0.5) is 0 Å². The van der Waals surface area contributed by atoms with Gasteiger partial charge < -0.3 is 10.3 Å². The second-order valence-corrected chi connectivity index (χ2v) is 9.11. The fraction of sp³-hybridized carbons (Fsp3) is 0.261. The molecule has 0 saturated carbocycles. The first-order valence-electron chi connectivity index (χ1n) is 10.8. The number of aromatic nitrogens is 5. The van der Waals surface area contributed by atoms with Crippen molar-refractivity contribution in [2.45, 2.75) is 38.4 Å². The molecule has 4 heterocycles. The number of hydrogen-bond donors (Lipinski definition) is 1. The van der Waals surface area contributed by atoms with Crippen molar-refractivity contribution < 1.29 is 9.21 Å². The smallest absolute Gasteiger partial charge is 0.271 e. The van der Waals surface area contributed by atoms with E-state index in [0.717, 1.165) is 22.7 Å². The zero-order valence-electron chi connectivity index (χ0n) is 19.0. The molecular formula is C23H24N8O2S. The topological polar surface area (TPSA) is 120 Å². The highest BCUT2D eigenvalue weighted by Gasteiger charge is 2.35. The van der Waals surface area contributed by atoms with Crippen molar-refractivity contribution in [1.29, 1.82) is 0 Å². The van der Waals surface area contributed by atoms with Gasteiger partial charge in [-0.2, -0.15) is 10.2 Å². The third kappa shape index (κ3) is 4.10. The molecule has 10 nitrogen and oxygen atoms in total. The number of hydrogen-bond acceptors (Lipinski definition) is 8. The molecular weight excluding hydrogens is 452 g/mol. The van der Waals surface area contributed by atoms with E-state index in [1.165, 1.54) is 27.0 Å². The molecule has 1 unspecified atom stereocenters. The molecule has 11 heteroatoms. The molecule has 4 aromatic rings. The quantitative estimate of drug-likeness (QED) is 0.335. The summed E-state index contributed by atoms with van der Waals surface area (Å²) < 4.78 is 8.58. The summed E-state index contributed by atoms with van der Waals surface area (Å²) in [6.07, 6.45) is 2.18. The highest BCUT2D eigenvalue weighted by molar-refractivity contribution is 7.99. The number of carbonyl (C=O) groups excluding carboxylic acids is 1. The van der Waals surface area contributed by atoms with E-state index in [9.17, 15) is 4.79 Å². The van der Waals surface area contributed by atoms with Gasteiger partial charge >= 0.3 is 0 Å². The van der Waals surface area contributed by atoms with E-state index >= 15 is 0 Å². The predicted octanol–water partition coefficient (Wildman–Crippen LogP) is 3.17. The Morgan fingerprint density at radius 2 is 1.97 bits per heavy atom. The molecule has 0 spiro atoms. The van der Waals surface area contributed by atoms with Crippen LogP contribution < -0.4 is 5.84 Å². The Bertz CT molecular complexity index is 1350. The fourth-order valence-corrected chi connectivity index (χ4v) is 4.60. The number of rotatable bonds is 6. The lowest BCUT2D eigenvalue weighted by molar-refractivity contribution is -0.130. The minimum atomic E-state index is -0.305. The Labute approximate surface area is 200 Å². The lowest BCUT2D eigenvalue weighted by Crippen LogP contribution is -2.28. The Balaban J connectivity index is 1.35. The van der Waals surface area contributed by atoms with Crippen molar-refractivity contribution in [1.82, 2.24) is 29.7 Å². The van der Waals surface area contributed by atoms with E-state index < -0.39 is 0 Å². The van der Waals surface area contributed by atoms with Gasteiger partial charge in [-0.15, -0.1) is 10.2 Å². The third-order valence-electron chi connectivity index (χ3n) is 5.59. The molecule has 34 heavy (non-hydrogen) atoms. The maximum absolute atomic E-state index is 13.2. The molecule has 1 atom stereocenters. The molecule has 0 fully saturated rings. The minimum Gasteiger partial charge on any atom is -0.467 e. The molecule has 0 radical (unpaired) electrons. The van der Waals surface area contributed by atoms with Crippen LogP contribution in [0.15, 0.2) is 63.4 Å². The van der Waals surface area contributed by atoms with E-state index in [4.69, 9.17) is 10.3 Å². The second kappa shape index (κ2) is 8.82. The molecule has 1 amide bonds. The van der Waals surface area contributed by atoms with Crippen LogP contribution in [0.3, 0.4) is 0 Å². The fourth-order valence-electron chi connectivity index (χ4n) is 3.90. The predicted molar refractivity (Wildman–Crippen MR) is 128 cm³/mol. The Kier molecular flexibility index (Phi) is 5.70. The number of hydrazone groups is 1.